The number of nitrogens with zero attached hydrogens (tertiary/aromatic N) is 2. The summed E-state index contributed by atoms with van der Waals surface area (Å²) in [5, 5.41) is 2.58. The number of methoxy groups -OCH3 is 1. The summed E-state index contributed by atoms with van der Waals surface area (Å²) in [6.07, 6.45) is 17.2. The van der Waals surface area contributed by atoms with Gasteiger partial charge in [-0.15, -0.1) is 0 Å². The molecule has 10 nitrogen and oxygen atoms in total. The molecule has 0 saturated heterocycles. The topological polar surface area (TPSA) is 120 Å². The molecule has 4 aromatic carbocycles. The van der Waals surface area contributed by atoms with Crippen molar-refractivity contribution in [1.29, 1.82) is 0 Å². The second-order valence-electron chi connectivity index (χ2n) is 15.6. The average Bonchev–Trinajstić information content (AvgIpc) is 3.24. The van der Waals surface area contributed by atoms with Crippen LogP contribution in [0.4, 0.5) is 0 Å². The minimum absolute atomic E-state index is 0.0373. The molecule has 0 bridgehead atoms. The Hall–Kier alpha value is -5.51. The van der Waals surface area contributed by atoms with Crippen molar-refractivity contribution >= 4 is 51.1 Å². The van der Waals surface area contributed by atoms with Crippen molar-refractivity contribution in [3.63, 3.8) is 0 Å². The maximum Gasteiger partial charge on any atom is 0.335 e. The summed E-state index contributed by atoms with van der Waals surface area (Å²) in [6.45, 7) is 3.41. The second-order valence-corrected chi connectivity index (χ2v) is 15.6. The molecule has 0 atom stereocenters. The van der Waals surface area contributed by atoms with Gasteiger partial charge in [-0.1, -0.05) is 63.7 Å². The van der Waals surface area contributed by atoms with E-state index in [1.165, 1.54) is 42.6 Å². The fraction of sp³-hybridized carbons (Fsp3) is 0.413. The summed E-state index contributed by atoms with van der Waals surface area (Å²) in [7, 11) is 1.49. The van der Waals surface area contributed by atoms with Crippen LogP contribution in [-0.2, 0) is 4.79 Å². The van der Waals surface area contributed by atoms with E-state index in [1.54, 1.807) is 24.3 Å². The highest BCUT2D eigenvalue weighted by atomic mass is 16.5. The van der Waals surface area contributed by atoms with Gasteiger partial charge in [-0.3, -0.25) is 29.0 Å². The van der Waals surface area contributed by atoms with Crippen LogP contribution < -0.4 is 14.2 Å². The van der Waals surface area contributed by atoms with Crippen LogP contribution in [0.15, 0.2) is 67.3 Å². The Labute approximate surface area is 326 Å². The predicted molar refractivity (Wildman–Crippen MR) is 213 cm³/mol. The minimum Gasteiger partial charge on any atom is -0.496 e. The van der Waals surface area contributed by atoms with E-state index in [4.69, 9.17) is 14.2 Å². The number of benzene rings is 4. The molecule has 4 amide bonds. The van der Waals surface area contributed by atoms with Crippen LogP contribution in [0.1, 0.15) is 138 Å². The molecular weight excluding hydrogens is 709 g/mol. The van der Waals surface area contributed by atoms with E-state index in [9.17, 15) is 24.0 Å². The zero-order valence-electron chi connectivity index (χ0n) is 32.0. The summed E-state index contributed by atoms with van der Waals surface area (Å²) in [6, 6.07) is 16.1. The number of amides is 4. The molecule has 0 unspecified atom stereocenters. The summed E-state index contributed by atoms with van der Waals surface area (Å²) >= 11 is 0. The van der Waals surface area contributed by atoms with Crippen molar-refractivity contribution in [1.82, 2.24) is 9.80 Å². The normalized spacial score (nSPS) is 19.2. The molecule has 3 aliphatic carbocycles. The first-order valence-corrected chi connectivity index (χ1v) is 20.3. The van der Waals surface area contributed by atoms with Crippen LogP contribution in [0.2, 0.25) is 0 Å². The molecule has 3 fully saturated rings. The van der Waals surface area contributed by atoms with Crippen molar-refractivity contribution < 1.29 is 38.2 Å². The third kappa shape index (κ3) is 6.73. The largest absolute Gasteiger partial charge is 0.496 e. The number of rotatable bonds is 7. The van der Waals surface area contributed by atoms with Gasteiger partial charge in [0.25, 0.3) is 23.6 Å². The van der Waals surface area contributed by atoms with E-state index >= 15 is 0 Å². The molecule has 290 valence electrons. The highest BCUT2D eigenvalue weighted by Crippen LogP contribution is 2.43. The lowest BCUT2D eigenvalue weighted by Gasteiger charge is -2.36. The lowest BCUT2D eigenvalue weighted by molar-refractivity contribution is -0.128. The van der Waals surface area contributed by atoms with E-state index in [2.05, 4.69) is 6.58 Å². The molecule has 0 aromatic heterocycles. The third-order valence-corrected chi connectivity index (χ3v) is 12.2. The highest BCUT2D eigenvalue weighted by molar-refractivity contribution is 6.28. The Kier molecular flexibility index (Phi) is 10.6. The van der Waals surface area contributed by atoms with Crippen LogP contribution in [0.5, 0.6) is 17.2 Å². The molecule has 2 heterocycles. The van der Waals surface area contributed by atoms with Gasteiger partial charge in [0.1, 0.15) is 17.2 Å². The minimum atomic E-state index is -0.625. The quantitative estimate of drug-likeness (QED) is 0.0792. The fourth-order valence-corrected chi connectivity index (χ4v) is 9.44. The molecule has 0 N–H and O–H groups in total. The number of carbonyl (C=O) groups is 5. The van der Waals surface area contributed by atoms with Crippen LogP contribution in [0, 0.1) is 0 Å². The first kappa shape index (κ1) is 37.4. The van der Waals surface area contributed by atoms with Gasteiger partial charge in [-0.2, -0.15) is 0 Å². The van der Waals surface area contributed by atoms with Gasteiger partial charge < -0.3 is 14.2 Å². The first-order valence-electron chi connectivity index (χ1n) is 20.3. The highest BCUT2D eigenvalue weighted by Gasteiger charge is 2.40. The SMILES string of the molecule is C=CC(=O)Oc1ccc2c3c(ccc(OC)c13)C(=O)N(C1CCCCC1)C2=O.O=C1c2cccc3c(OC4CCCCC4)ccc(c23)C(=O)N1C1CCCCC1. The van der Waals surface area contributed by atoms with Gasteiger partial charge >= 0.3 is 5.97 Å². The molecule has 2 aliphatic heterocycles. The van der Waals surface area contributed by atoms with Crippen LogP contribution in [-0.4, -0.2) is 64.7 Å². The van der Waals surface area contributed by atoms with Gasteiger partial charge in [0.05, 0.1) is 18.6 Å². The number of hydrogen-bond donors (Lipinski definition) is 0. The van der Waals surface area contributed by atoms with E-state index < -0.39 is 5.97 Å². The Balaban J connectivity index is 0.000000157. The second kappa shape index (κ2) is 15.9. The number of ether oxygens (including phenoxy) is 3. The maximum absolute atomic E-state index is 13.3. The molecule has 10 heteroatoms. The smallest absolute Gasteiger partial charge is 0.335 e. The third-order valence-electron chi connectivity index (χ3n) is 12.2. The molecule has 56 heavy (non-hydrogen) atoms. The van der Waals surface area contributed by atoms with Crippen molar-refractivity contribution in [3.8, 4) is 17.2 Å². The monoisotopic (exact) mass is 756 g/mol. The van der Waals surface area contributed by atoms with Gasteiger partial charge in [-0.05, 0) is 93.8 Å². The molecule has 5 aliphatic rings. The van der Waals surface area contributed by atoms with Gasteiger partial charge in [0, 0.05) is 56.6 Å². The first-order chi connectivity index (χ1) is 27.3. The molecule has 0 radical (unpaired) electrons. The predicted octanol–water partition coefficient (Wildman–Crippen LogP) is 9.35. The van der Waals surface area contributed by atoms with E-state index in [0.717, 1.165) is 93.2 Å². The Bertz CT molecular complexity index is 2200. The van der Waals surface area contributed by atoms with Crippen LogP contribution in [0.3, 0.4) is 0 Å². The van der Waals surface area contributed by atoms with Gasteiger partial charge in [0.15, 0.2) is 0 Å². The summed E-state index contributed by atoms with van der Waals surface area (Å²) in [5.41, 5.74) is 2.14. The van der Waals surface area contributed by atoms with Crippen LogP contribution >= 0.6 is 0 Å². The lowest BCUT2D eigenvalue weighted by Crippen LogP contribution is -2.47. The lowest BCUT2D eigenvalue weighted by atomic mass is 9.88. The van der Waals surface area contributed by atoms with Gasteiger partial charge in [-0.25, -0.2) is 4.79 Å². The molecule has 0 spiro atoms. The zero-order chi connectivity index (χ0) is 38.9. The maximum atomic E-state index is 13.3. The Morgan fingerprint density at radius 3 is 1.55 bits per heavy atom. The molecule has 9 rings (SSSR count). The summed E-state index contributed by atoms with van der Waals surface area (Å²) in [4.78, 5) is 67.7. The summed E-state index contributed by atoms with van der Waals surface area (Å²) in [5.74, 6) is -0.0318. The standard InChI is InChI=1S/C24H27NO3.C22H21NO5/c26-23-19-13-7-12-18-21(28-17-10-5-2-6-11-17)15-14-20(22(18)19)24(27)25(23)16-8-3-1-4-9-16;1-3-18(24)28-17-12-10-15-19-14(9-11-16(27-2)20(17)19)21(25)23(22(15)26)13-7-5-4-6-8-13/h7,12-17H,1-6,8-11H2;3,9-13H,1,4-8H2,2H3. The molecule has 3 saturated carbocycles. The average molecular weight is 757 g/mol. The fourth-order valence-electron chi connectivity index (χ4n) is 9.44. The van der Waals surface area contributed by atoms with Crippen molar-refractivity contribution in [3.05, 3.63) is 89.5 Å². The van der Waals surface area contributed by atoms with E-state index in [1.807, 2.05) is 30.3 Å². The van der Waals surface area contributed by atoms with Gasteiger partial charge in [0.2, 0.25) is 0 Å². The number of carbonyl (C=O) groups excluding carboxylic acids is 5. The van der Waals surface area contributed by atoms with E-state index in [0.29, 0.717) is 38.8 Å². The van der Waals surface area contributed by atoms with Crippen molar-refractivity contribution in [2.75, 3.05) is 7.11 Å². The molecular formula is C46H48N2O8. The van der Waals surface area contributed by atoms with Crippen molar-refractivity contribution in [2.45, 2.75) is 114 Å². The number of imide groups is 2. The van der Waals surface area contributed by atoms with Crippen LogP contribution in [0.25, 0.3) is 21.5 Å². The van der Waals surface area contributed by atoms with E-state index in [-0.39, 0.29) is 47.6 Å². The Morgan fingerprint density at radius 1 is 0.571 bits per heavy atom. The zero-order valence-corrected chi connectivity index (χ0v) is 32.0. The van der Waals surface area contributed by atoms with Crippen molar-refractivity contribution in [2.24, 2.45) is 0 Å². The molecule has 4 aromatic rings. The Morgan fingerprint density at radius 2 is 1.04 bits per heavy atom. The summed E-state index contributed by atoms with van der Waals surface area (Å²) < 4.78 is 17.1. The number of hydrogen-bond acceptors (Lipinski definition) is 8. The number of esters is 1.